The first-order valence-electron chi connectivity index (χ1n) is 5.38. The van der Waals surface area contributed by atoms with Gasteiger partial charge in [0, 0.05) is 24.2 Å². The number of halogens is 1. The number of ether oxygens (including phenoxy) is 1. The fraction of sp³-hybridized carbons (Fsp3) is 0.333. The lowest BCUT2D eigenvalue weighted by atomic mass is 10.0. The van der Waals surface area contributed by atoms with E-state index in [1.807, 2.05) is 37.3 Å². The Morgan fingerprint density at radius 2 is 2.06 bits per heavy atom. The Morgan fingerprint density at radius 3 is 2.53 bits per heavy atom. The Kier molecular flexibility index (Phi) is 3.17. The summed E-state index contributed by atoms with van der Waals surface area (Å²) in [7, 11) is 0. The van der Waals surface area contributed by atoms with E-state index in [0.29, 0.717) is 22.2 Å². The molecule has 90 valence electrons. The molecule has 1 heterocycles. The van der Waals surface area contributed by atoms with E-state index < -0.39 is 5.72 Å². The van der Waals surface area contributed by atoms with E-state index in [2.05, 4.69) is 5.11 Å². The van der Waals surface area contributed by atoms with Crippen molar-refractivity contribution in [3.05, 3.63) is 51.8 Å². The van der Waals surface area contributed by atoms with E-state index in [-0.39, 0.29) is 0 Å². The van der Waals surface area contributed by atoms with Crippen LogP contribution in [0.4, 0.5) is 0 Å². The van der Waals surface area contributed by atoms with E-state index in [9.17, 15) is 5.21 Å². The smallest absolute Gasteiger partial charge is 0.291 e. The van der Waals surface area contributed by atoms with Crippen molar-refractivity contribution >= 4 is 11.6 Å². The molecule has 0 saturated heterocycles. The number of hydrogen-bond acceptors (Lipinski definition) is 3. The van der Waals surface area contributed by atoms with Crippen molar-refractivity contribution in [1.82, 2.24) is 0 Å². The van der Waals surface area contributed by atoms with Crippen molar-refractivity contribution in [2.45, 2.75) is 19.6 Å². The Hall–Kier alpha value is -1.39. The van der Waals surface area contributed by atoms with E-state index in [0.717, 1.165) is 5.56 Å². The zero-order chi connectivity index (χ0) is 12.5. The van der Waals surface area contributed by atoms with Crippen molar-refractivity contribution in [3.8, 4) is 0 Å². The van der Waals surface area contributed by atoms with Crippen LogP contribution in [0.25, 0.3) is 0 Å². The lowest BCUT2D eigenvalue weighted by Gasteiger charge is -2.21. The maximum absolute atomic E-state index is 11.6. The number of hydroxylamine groups is 1. The van der Waals surface area contributed by atoms with Gasteiger partial charge < -0.3 is 9.94 Å². The second-order valence-electron chi connectivity index (χ2n) is 3.72. The molecule has 1 atom stereocenters. The molecule has 0 bridgehead atoms. The maximum Gasteiger partial charge on any atom is 0.291 e. The summed E-state index contributed by atoms with van der Waals surface area (Å²) in [6.07, 6.45) is 0. The van der Waals surface area contributed by atoms with Crippen LogP contribution in [0.2, 0.25) is 0 Å². The van der Waals surface area contributed by atoms with Gasteiger partial charge in [-0.3, -0.25) is 0 Å². The molecule has 5 heteroatoms. The zero-order valence-electron chi connectivity index (χ0n) is 9.68. The minimum atomic E-state index is -1.18. The van der Waals surface area contributed by atoms with Crippen LogP contribution in [0.15, 0.2) is 46.2 Å². The minimum Gasteiger partial charge on any atom is -0.594 e. The molecule has 1 aliphatic rings. The van der Waals surface area contributed by atoms with Crippen molar-refractivity contribution in [2.75, 3.05) is 6.61 Å². The van der Waals surface area contributed by atoms with Crippen LogP contribution in [0.1, 0.15) is 19.4 Å². The standard InChI is InChI=1S/C12H13ClN2O2/c1-3-17-12(10-7-5-4-6-8-10)11(13)9(2)15(16)14-12/h4-8H,3H2,1-2H3. The normalized spacial score (nSPS) is 24.1. The molecule has 0 spiro atoms. The predicted octanol–water partition coefficient (Wildman–Crippen LogP) is 3.32. The van der Waals surface area contributed by atoms with Crippen LogP contribution < -0.4 is 0 Å². The van der Waals surface area contributed by atoms with Crippen molar-refractivity contribution < 1.29 is 9.60 Å². The summed E-state index contributed by atoms with van der Waals surface area (Å²) in [6, 6.07) is 9.29. The van der Waals surface area contributed by atoms with Gasteiger partial charge in [0.05, 0.1) is 0 Å². The van der Waals surface area contributed by atoms with Crippen LogP contribution in [-0.4, -0.2) is 11.5 Å². The van der Waals surface area contributed by atoms with Crippen molar-refractivity contribution in [1.29, 1.82) is 0 Å². The van der Waals surface area contributed by atoms with Gasteiger partial charge in [0.1, 0.15) is 0 Å². The number of hydrogen-bond donors (Lipinski definition) is 0. The molecule has 0 N–H and O–H groups in total. The fourth-order valence-electron chi connectivity index (χ4n) is 1.81. The Morgan fingerprint density at radius 1 is 1.41 bits per heavy atom. The van der Waals surface area contributed by atoms with Gasteiger partial charge in [-0.05, 0) is 6.92 Å². The molecule has 17 heavy (non-hydrogen) atoms. The highest BCUT2D eigenvalue weighted by Crippen LogP contribution is 2.43. The molecule has 0 saturated carbocycles. The average Bonchev–Trinajstić information content (AvgIpc) is 2.57. The molecule has 0 fully saturated rings. The van der Waals surface area contributed by atoms with Crippen LogP contribution >= 0.6 is 11.6 Å². The number of allylic oxidation sites excluding steroid dienone is 1. The van der Waals surface area contributed by atoms with Gasteiger partial charge in [0.15, 0.2) is 5.03 Å². The molecular formula is C12H13ClN2O2. The third-order valence-electron chi connectivity index (χ3n) is 2.65. The van der Waals surface area contributed by atoms with Crippen LogP contribution in [0, 0.1) is 5.21 Å². The van der Waals surface area contributed by atoms with Gasteiger partial charge in [-0.1, -0.05) is 46.8 Å². The highest BCUT2D eigenvalue weighted by molar-refractivity contribution is 6.31. The fourth-order valence-corrected chi connectivity index (χ4v) is 2.08. The molecule has 0 amide bonds. The summed E-state index contributed by atoms with van der Waals surface area (Å²) in [5, 5.41) is 15.9. The van der Waals surface area contributed by atoms with Gasteiger partial charge >= 0.3 is 0 Å². The second kappa shape index (κ2) is 4.47. The zero-order valence-corrected chi connectivity index (χ0v) is 10.4. The minimum absolute atomic E-state index is 0.320. The van der Waals surface area contributed by atoms with Crippen LogP contribution in [-0.2, 0) is 10.5 Å². The number of rotatable bonds is 3. The summed E-state index contributed by atoms with van der Waals surface area (Å²) >= 11 is 6.21. The second-order valence-corrected chi connectivity index (χ2v) is 4.09. The van der Waals surface area contributed by atoms with Crippen molar-refractivity contribution in [2.24, 2.45) is 5.11 Å². The highest BCUT2D eigenvalue weighted by atomic mass is 35.5. The molecule has 1 aromatic rings. The number of benzene rings is 1. The quantitative estimate of drug-likeness (QED) is 0.612. The summed E-state index contributed by atoms with van der Waals surface area (Å²) in [4.78, 5) is 0.519. The third kappa shape index (κ3) is 1.83. The molecule has 0 radical (unpaired) electrons. The summed E-state index contributed by atoms with van der Waals surface area (Å²) in [5.41, 5.74) is -0.0582. The lowest BCUT2D eigenvalue weighted by molar-refractivity contribution is -0.481. The van der Waals surface area contributed by atoms with Crippen molar-refractivity contribution in [3.63, 3.8) is 0 Å². The summed E-state index contributed by atoms with van der Waals surface area (Å²) in [6.45, 7) is 3.88. The topological polar surface area (TPSA) is 47.7 Å². The first-order valence-corrected chi connectivity index (χ1v) is 5.76. The lowest BCUT2D eigenvalue weighted by Crippen LogP contribution is -2.26. The van der Waals surface area contributed by atoms with E-state index in [1.165, 1.54) is 0 Å². The monoisotopic (exact) mass is 252 g/mol. The first-order chi connectivity index (χ1) is 8.12. The first kappa shape index (κ1) is 12.1. The molecule has 2 rings (SSSR count). The molecule has 0 aliphatic carbocycles. The molecule has 0 aromatic heterocycles. The van der Waals surface area contributed by atoms with Gasteiger partial charge in [-0.2, -0.15) is 0 Å². The van der Waals surface area contributed by atoms with E-state index in [1.54, 1.807) is 6.92 Å². The van der Waals surface area contributed by atoms with Gasteiger partial charge in [-0.15, -0.1) is 0 Å². The van der Waals surface area contributed by atoms with Gasteiger partial charge in [0.2, 0.25) is 5.70 Å². The average molecular weight is 253 g/mol. The molecule has 1 unspecified atom stereocenters. The third-order valence-corrected chi connectivity index (χ3v) is 3.18. The Labute approximate surface area is 105 Å². The molecule has 1 aromatic carbocycles. The molecule has 4 nitrogen and oxygen atoms in total. The van der Waals surface area contributed by atoms with Crippen LogP contribution in [0.3, 0.4) is 0 Å². The maximum atomic E-state index is 11.6. The SMILES string of the molecule is CCOC1(c2ccccc2)N=[N+]([O-])C(C)=C1Cl. The van der Waals surface area contributed by atoms with E-state index >= 15 is 0 Å². The summed E-state index contributed by atoms with van der Waals surface area (Å²) < 4.78 is 5.63. The molecular weight excluding hydrogens is 240 g/mol. The number of nitrogens with zero attached hydrogens (tertiary/aromatic N) is 2. The van der Waals surface area contributed by atoms with Crippen LogP contribution in [0.5, 0.6) is 0 Å². The Bertz CT molecular complexity index is 485. The van der Waals surface area contributed by atoms with E-state index in [4.69, 9.17) is 16.3 Å². The Balaban J connectivity index is 2.57. The van der Waals surface area contributed by atoms with Gasteiger partial charge in [0.25, 0.3) is 5.72 Å². The summed E-state index contributed by atoms with van der Waals surface area (Å²) in [5.74, 6) is 0. The largest absolute Gasteiger partial charge is 0.594 e. The highest BCUT2D eigenvalue weighted by Gasteiger charge is 2.48. The predicted molar refractivity (Wildman–Crippen MR) is 64.4 cm³/mol. The molecule has 1 aliphatic heterocycles. The van der Waals surface area contributed by atoms with Gasteiger partial charge in [-0.25, -0.2) is 0 Å². The number of azo groups is 1.